The van der Waals surface area contributed by atoms with Crippen LogP contribution < -0.4 is 5.69 Å². The first-order chi connectivity index (χ1) is 4.80. The van der Waals surface area contributed by atoms with Crippen molar-refractivity contribution < 1.29 is 0 Å². The van der Waals surface area contributed by atoms with Gasteiger partial charge in [0.05, 0.1) is 0 Å². The number of aromatic nitrogens is 2. The number of hydrogen-bond acceptors (Lipinski definition) is 2. The highest BCUT2D eigenvalue weighted by Gasteiger charge is 1.81. The van der Waals surface area contributed by atoms with Crippen molar-refractivity contribution in [3.63, 3.8) is 0 Å². The molecule has 64 valence electrons. The van der Waals surface area contributed by atoms with E-state index in [9.17, 15) is 4.79 Å². The summed E-state index contributed by atoms with van der Waals surface area (Å²) >= 11 is 0. The Morgan fingerprint density at radius 3 is 2.27 bits per heavy atom. The molecule has 3 nitrogen and oxygen atoms in total. The smallest absolute Gasteiger partial charge is 0.302 e. The van der Waals surface area contributed by atoms with Crippen LogP contribution in [-0.2, 0) is 7.05 Å². The highest BCUT2D eigenvalue weighted by Crippen LogP contribution is 1.68. The van der Waals surface area contributed by atoms with Crippen molar-refractivity contribution in [2.75, 3.05) is 0 Å². The van der Waals surface area contributed by atoms with E-state index in [0.717, 1.165) is 0 Å². The molecule has 0 amide bonds. The lowest BCUT2D eigenvalue weighted by molar-refractivity contribution is 0.810. The van der Waals surface area contributed by atoms with Crippen LogP contribution in [0.25, 0.3) is 0 Å². The molecule has 4 heteroatoms. The summed E-state index contributed by atoms with van der Waals surface area (Å²) in [5, 5.41) is 0. The van der Waals surface area contributed by atoms with Gasteiger partial charge < -0.3 is 4.57 Å². The van der Waals surface area contributed by atoms with Gasteiger partial charge in [0, 0.05) is 19.4 Å². The molecular weight excluding hydrogens is 160 g/mol. The quantitative estimate of drug-likeness (QED) is 0.586. The van der Waals surface area contributed by atoms with Crippen LogP contribution in [0.5, 0.6) is 0 Å². The Labute approximate surface area is 73.5 Å². The monoisotopic (exact) mass is 174 g/mol. The molecule has 1 heterocycles. The fraction of sp³-hybridized carbons (Fsp3) is 0.429. The lowest BCUT2D eigenvalue weighted by Crippen LogP contribution is -2.17. The third kappa shape index (κ3) is 4.61. The average molecular weight is 174 g/mol. The third-order valence-electron chi connectivity index (χ3n) is 0.882. The van der Waals surface area contributed by atoms with E-state index in [1.165, 1.54) is 10.8 Å². The highest BCUT2D eigenvalue weighted by atomic mass is 32.1. The second-order valence-electron chi connectivity index (χ2n) is 1.51. The van der Waals surface area contributed by atoms with Crippen LogP contribution in [0, 0.1) is 0 Å². The number of nitrogens with zero attached hydrogens (tertiary/aromatic N) is 2. The summed E-state index contributed by atoms with van der Waals surface area (Å²) in [4.78, 5) is 14.0. The molecule has 0 saturated heterocycles. The molecule has 0 fully saturated rings. The molecule has 0 saturated carbocycles. The van der Waals surface area contributed by atoms with Crippen molar-refractivity contribution in [1.82, 2.24) is 9.55 Å². The second kappa shape index (κ2) is 7.34. The zero-order chi connectivity index (χ0) is 7.98. The Morgan fingerprint density at radius 1 is 1.45 bits per heavy atom. The van der Waals surface area contributed by atoms with Crippen LogP contribution >= 0.6 is 13.5 Å². The Kier molecular flexibility index (Phi) is 8.58. The summed E-state index contributed by atoms with van der Waals surface area (Å²) in [6.45, 7) is 4.00. The van der Waals surface area contributed by atoms with Gasteiger partial charge in [0.1, 0.15) is 0 Å². The first kappa shape index (κ1) is 12.9. The van der Waals surface area contributed by atoms with Crippen molar-refractivity contribution >= 4 is 13.5 Å². The average Bonchev–Trinajstić information content (AvgIpc) is 2.00. The van der Waals surface area contributed by atoms with Crippen LogP contribution in [0.3, 0.4) is 0 Å². The van der Waals surface area contributed by atoms with Gasteiger partial charge in [-0.05, 0) is 6.07 Å². The van der Waals surface area contributed by atoms with Crippen molar-refractivity contribution in [2.45, 2.75) is 13.8 Å². The summed E-state index contributed by atoms with van der Waals surface area (Å²) in [7, 11) is 1.66. The predicted molar refractivity (Wildman–Crippen MR) is 51.2 cm³/mol. The molecule has 1 aromatic heterocycles. The van der Waals surface area contributed by atoms with Crippen molar-refractivity contribution in [3.05, 3.63) is 28.9 Å². The van der Waals surface area contributed by atoms with Crippen LogP contribution in [0.2, 0.25) is 0 Å². The molecule has 11 heavy (non-hydrogen) atoms. The van der Waals surface area contributed by atoms with Gasteiger partial charge in [0.25, 0.3) is 0 Å². The molecule has 0 aliphatic rings. The Morgan fingerprint density at radius 2 is 2.00 bits per heavy atom. The summed E-state index contributed by atoms with van der Waals surface area (Å²) in [6, 6.07) is 1.71. The summed E-state index contributed by atoms with van der Waals surface area (Å²) < 4.78 is 1.42. The molecule has 0 radical (unpaired) electrons. The number of hydrogen-bond donors (Lipinski definition) is 0. The van der Waals surface area contributed by atoms with Crippen LogP contribution in [0.15, 0.2) is 23.3 Å². The molecule has 0 bridgehead atoms. The molecule has 0 atom stereocenters. The first-order valence-corrected chi connectivity index (χ1v) is 3.28. The van der Waals surface area contributed by atoms with Crippen molar-refractivity contribution in [1.29, 1.82) is 0 Å². The van der Waals surface area contributed by atoms with E-state index >= 15 is 0 Å². The zero-order valence-corrected chi connectivity index (χ0v) is 8.03. The van der Waals surface area contributed by atoms with Gasteiger partial charge in [-0.25, -0.2) is 9.78 Å². The molecule has 0 aromatic carbocycles. The van der Waals surface area contributed by atoms with Crippen LogP contribution in [0.1, 0.15) is 13.8 Å². The molecule has 1 aromatic rings. The van der Waals surface area contributed by atoms with Crippen LogP contribution in [0.4, 0.5) is 0 Å². The molecule has 0 unspecified atom stereocenters. The summed E-state index contributed by atoms with van der Waals surface area (Å²) in [5.41, 5.74) is -0.215. The summed E-state index contributed by atoms with van der Waals surface area (Å²) in [5.74, 6) is 0. The fourth-order valence-corrected chi connectivity index (χ4v) is 0.429. The van der Waals surface area contributed by atoms with Gasteiger partial charge in [-0.2, -0.15) is 13.5 Å². The molecule has 0 N–H and O–H groups in total. The SMILES string of the molecule is CC.Cn1cccnc1=O.S. The second-order valence-corrected chi connectivity index (χ2v) is 1.51. The van der Waals surface area contributed by atoms with E-state index in [1.807, 2.05) is 13.8 Å². The highest BCUT2D eigenvalue weighted by molar-refractivity contribution is 7.59. The van der Waals surface area contributed by atoms with Gasteiger partial charge in [0.2, 0.25) is 0 Å². The lowest BCUT2D eigenvalue weighted by atomic mass is 10.7. The van der Waals surface area contributed by atoms with Gasteiger partial charge in [0.15, 0.2) is 0 Å². The van der Waals surface area contributed by atoms with Gasteiger partial charge in [-0.15, -0.1) is 0 Å². The maximum atomic E-state index is 10.5. The van der Waals surface area contributed by atoms with E-state index in [2.05, 4.69) is 4.98 Å². The van der Waals surface area contributed by atoms with Gasteiger partial charge >= 0.3 is 5.69 Å². The molecular formula is C7H14N2OS. The van der Waals surface area contributed by atoms with Gasteiger partial charge in [-0.1, -0.05) is 13.8 Å². The molecule has 1 rings (SSSR count). The number of aryl methyl sites for hydroxylation is 1. The topological polar surface area (TPSA) is 34.9 Å². The standard InChI is InChI=1S/C5H6N2O.C2H6.H2S/c1-7-4-2-3-6-5(7)8;1-2;/h2-4H,1H3;1-2H3;1H2. The Balaban J connectivity index is 0. The van der Waals surface area contributed by atoms with E-state index in [0.29, 0.717) is 0 Å². The van der Waals surface area contributed by atoms with Crippen molar-refractivity contribution in [3.8, 4) is 0 Å². The minimum atomic E-state index is -0.215. The van der Waals surface area contributed by atoms with E-state index < -0.39 is 0 Å². The normalized spacial score (nSPS) is 7.18. The lowest BCUT2D eigenvalue weighted by Gasteiger charge is -1.88. The third-order valence-corrected chi connectivity index (χ3v) is 0.882. The maximum absolute atomic E-state index is 10.5. The predicted octanol–water partition coefficient (Wildman–Crippen LogP) is 0.919. The van der Waals surface area contributed by atoms with E-state index in [1.54, 1.807) is 19.3 Å². The molecule has 0 aliphatic heterocycles. The Bertz CT molecular complexity index is 234. The summed E-state index contributed by atoms with van der Waals surface area (Å²) in [6.07, 6.45) is 3.14. The first-order valence-electron chi connectivity index (χ1n) is 3.28. The van der Waals surface area contributed by atoms with E-state index in [-0.39, 0.29) is 19.2 Å². The van der Waals surface area contributed by atoms with E-state index in [4.69, 9.17) is 0 Å². The van der Waals surface area contributed by atoms with Crippen molar-refractivity contribution in [2.24, 2.45) is 7.05 Å². The molecule has 0 spiro atoms. The fourth-order valence-electron chi connectivity index (χ4n) is 0.429. The zero-order valence-electron chi connectivity index (χ0n) is 7.03. The molecule has 0 aliphatic carbocycles. The minimum Gasteiger partial charge on any atom is -0.302 e. The maximum Gasteiger partial charge on any atom is 0.347 e. The largest absolute Gasteiger partial charge is 0.347 e. The van der Waals surface area contributed by atoms with Gasteiger partial charge in [-0.3, -0.25) is 0 Å². The Hall–Kier alpha value is -0.770. The number of rotatable bonds is 0. The van der Waals surface area contributed by atoms with Crippen LogP contribution in [-0.4, -0.2) is 9.55 Å². The minimum absolute atomic E-state index is 0.